The van der Waals surface area contributed by atoms with Crippen LogP contribution in [0.25, 0.3) is 0 Å². The number of aliphatic hydroxyl groups is 1. The second-order valence-corrected chi connectivity index (χ2v) is 5.86. The molecule has 0 radical (unpaired) electrons. The fourth-order valence-corrected chi connectivity index (χ4v) is 2.41. The van der Waals surface area contributed by atoms with Crippen LogP contribution in [-0.4, -0.2) is 22.0 Å². The van der Waals surface area contributed by atoms with E-state index in [-0.39, 0.29) is 6.04 Å². The molecule has 0 aliphatic rings. The molecule has 0 aliphatic carbocycles. The highest BCUT2D eigenvalue weighted by Crippen LogP contribution is 2.32. The summed E-state index contributed by atoms with van der Waals surface area (Å²) in [5, 5.41) is 15.0. The lowest BCUT2D eigenvalue weighted by Crippen LogP contribution is -2.13. The Morgan fingerprint density at radius 1 is 1.05 bits per heavy atom. The van der Waals surface area contributed by atoms with E-state index in [0.717, 1.165) is 5.56 Å². The molecule has 4 heteroatoms. The molecule has 0 spiro atoms. The minimum absolute atomic E-state index is 0.161. The molecule has 2 aromatic rings. The van der Waals surface area contributed by atoms with E-state index in [0.29, 0.717) is 17.4 Å². The number of benzene rings is 1. The Morgan fingerprint density at radius 3 is 2.10 bits per heavy atom. The number of aromatic nitrogens is 2. The van der Waals surface area contributed by atoms with Crippen LogP contribution in [0, 0.1) is 0 Å². The maximum absolute atomic E-state index is 10.7. The first kappa shape index (κ1) is 15.6. The molecule has 1 aromatic heterocycles. The Labute approximate surface area is 126 Å². The molecule has 1 unspecified atom stereocenters. The fourth-order valence-electron chi connectivity index (χ4n) is 2.41. The summed E-state index contributed by atoms with van der Waals surface area (Å²) in [6.07, 6.45) is 0.909. The predicted molar refractivity (Wildman–Crippen MR) is 83.8 cm³/mol. The number of rotatable bonds is 5. The van der Waals surface area contributed by atoms with E-state index in [4.69, 9.17) is 4.74 Å². The van der Waals surface area contributed by atoms with Gasteiger partial charge >= 0.3 is 0 Å². The molecule has 1 heterocycles. The summed E-state index contributed by atoms with van der Waals surface area (Å²) in [6.45, 7) is 8.37. The Hall–Kier alpha value is -1.81. The minimum atomic E-state index is -0.744. The maximum atomic E-state index is 10.7. The summed E-state index contributed by atoms with van der Waals surface area (Å²) < 4.78 is 7.14. The van der Waals surface area contributed by atoms with Crippen LogP contribution in [0.4, 0.5) is 0 Å². The molecular formula is C17H24N2O2. The van der Waals surface area contributed by atoms with E-state index in [1.807, 2.05) is 26.0 Å². The van der Waals surface area contributed by atoms with Crippen LogP contribution >= 0.6 is 0 Å². The Balaban J connectivity index is 2.39. The van der Waals surface area contributed by atoms with Crippen LogP contribution in [-0.2, 0) is 0 Å². The average Bonchev–Trinajstić information content (AvgIpc) is 2.90. The summed E-state index contributed by atoms with van der Waals surface area (Å²) in [5.74, 6) is 1.09. The van der Waals surface area contributed by atoms with Crippen molar-refractivity contribution in [3.63, 3.8) is 0 Å². The third-order valence-electron chi connectivity index (χ3n) is 3.69. The van der Waals surface area contributed by atoms with Gasteiger partial charge in [0, 0.05) is 6.04 Å². The quantitative estimate of drug-likeness (QED) is 0.913. The van der Waals surface area contributed by atoms with Crippen molar-refractivity contribution < 1.29 is 9.84 Å². The van der Waals surface area contributed by atoms with Gasteiger partial charge in [0.2, 0.25) is 0 Å². The summed E-state index contributed by atoms with van der Waals surface area (Å²) >= 11 is 0. The Kier molecular flexibility index (Phi) is 4.68. The molecule has 1 aromatic carbocycles. The van der Waals surface area contributed by atoms with Gasteiger partial charge in [0.05, 0.1) is 13.3 Å². The van der Waals surface area contributed by atoms with E-state index in [2.05, 4.69) is 31.1 Å². The number of nitrogens with zero attached hydrogens (tertiary/aromatic N) is 2. The monoisotopic (exact) mass is 288 g/mol. The lowest BCUT2D eigenvalue weighted by Gasteiger charge is -2.18. The van der Waals surface area contributed by atoms with Crippen LogP contribution < -0.4 is 4.74 Å². The first-order chi connectivity index (χ1) is 9.95. The van der Waals surface area contributed by atoms with Gasteiger partial charge < -0.3 is 9.84 Å². The predicted octanol–water partition coefficient (Wildman–Crippen LogP) is 3.68. The third-order valence-corrected chi connectivity index (χ3v) is 3.69. The summed E-state index contributed by atoms with van der Waals surface area (Å²) in [7, 11) is 1.60. The van der Waals surface area contributed by atoms with Crippen molar-refractivity contribution in [1.29, 1.82) is 0 Å². The van der Waals surface area contributed by atoms with Crippen molar-refractivity contribution in [2.24, 2.45) is 0 Å². The van der Waals surface area contributed by atoms with Gasteiger partial charge in [0.1, 0.15) is 11.8 Å². The van der Waals surface area contributed by atoms with Gasteiger partial charge in [-0.05, 0) is 30.9 Å². The molecule has 0 saturated carbocycles. The van der Waals surface area contributed by atoms with Crippen molar-refractivity contribution in [1.82, 2.24) is 9.78 Å². The lowest BCUT2D eigenvalue weighted by atomic mass is 9.99. The van der Waals surface area contributed by atoms with Gasteiger partial charge in [-0.25, -0.2) is 0 Å². The van der Waals surface area contributed by atoms with Crippen molar-refractivity contribution in [3.8, 4) is 5.75 Å². The molecule has 0 amide bonds. The first-order valence-corrected chi connectivity index (χ1v) is 7.35. The van der Waals surface area contributed by atoms with Gasteiger partial charge in [-0.1, -0.05) is 38.1 Å². The molecular weight excluding hydrogens is 264 g/mol. The zero-order chi connectivity index (χ0) is 15.6. The number of aliphatic hydroxyl groups excluding tert-OH is 1. The highest BCUT2D eigenvalue weighted by molar-refractivity contribution is 5.36. The normalized spacial score (nSPS) is 13.0. The molecule has 0 aliphatic heterocycles. The molecule has 21 heavy (non-hydrogen) atoms. The fraction of sp³-hybridized carbons (Fsp3) is 0.471. The van der Waals surface area contributed by atoms with Crippen molar-refractivity contribution in [2.75, 3.05) is 7.11 Å². The van der Waals surface area contributed by atoms with Gasteiger partial charge in [-0.3, -0.25) is 4.68 Å². The van der Waals surface area contributed by atoms with Gasteiger partial charge in [-0.15, -0.1) is 0 Å². The van der Waals surface area contributed by atoms with Gasteiger partial charge in [0.25, 0.3) is 0 Å². The zero-order valence-corrected chi connectivity index (χ0v) is 13.4. The van der Waals surface area contributed by atoms with Crippen LogP contribution in [0.3, 0.4) is 0 Å². The zero-order valence-electron chi connectivity index (χ0n) is 13.4. The number of ether oxygens (including phenoxy) is 1. The van der Waals surface area contributed by atoms with E-state index in [9.17, 15) is 5.11 Å². The standard InChI is InChI=1S/C17H24N2O2/c1-11(2)13-6-8-14(9-7-13)17(20)16-15(21-5)10-18-19(16)12(3)4/h6-12,17,20H,1-5H3. The largest absolute Gasteiger partial charge is 0.493 e. The van der Waals surface area contributed by atoms with Crippen molar-refractivity contribution in [3.05, 3.63) is 47.3 Å². The van der Waals surface area contributed by atoms with E-state index >= 15 is 0 Å². The van der Waals surface area contributed by atoms with E-state index < -0.39 is 6.10 Å². The molecule has 0 bridgehead atoms. The lowest BCUT2D eigenvalue weighted by molar-refractivity contribution is 0.199. The van der Waals surface area contributed by atoms with Crippen molar-refractivity contribution >= 4 is 0 Å². The topological polar surface area (TPSA) is 47.3 Å². The summed E-state index contributed by atoms with van der Waals surface area (Å²) in [4.78, 5) is 0. The smallest absolute Gasteiger partial charge is 0.163 e. The summed E-state index contributed by atoms with van der Waals surface area (Å²) in [5.41, 5.74) is 2.81. The van der Waals surface area contributed by atoms with E-state index in [1.165, 1.54) is 5.56 Å². The highest BCUT2D eigenvalue weighted by atomic mass is 16.5. The molecule has 1 atom stereocenters. The van der Waals surface area contributed by atoms with Crippen LogP contribution in [0.2, 0.25) is 0 Å². The van der Waals surface area contributed by atoms with Crippen LogP contribution in [0.15, 0.2) is 30.5 Å². The van der Waals surface area contributed by atoms with E-state index in [1.54, 1.807) is 18.0 Å². The Bertz CT molecular complexity index is 585. The number of methoxy groups -OCH3 is 1. The third kappa shape index (κ3) is 3.10. The molecule has 114 valence electrons. The van der Waals surface area contributed by atoms with Crippen LogP contribution in [0.5, 0.6) is 5.75 Å². The average molecular weight is 288 g/mol. The second kappa shape index (κ2) is 6.31. The molecule has 1 N–H and O–H groups in total. The molecule has 2 rings (SSSR count). The van der Waals surface area contributed by atoms with Crippen LogP contribution in [0.1, 0.15) is 62.6 Å². The minimum Gasteiger partial charge on any atom is -0.493 e. The molecule has 0 saturated heterocycles. The highest BCUT2D eigenvalue weighted by Gasteiger charge is 2.22. The first-order valence-electron chi connectivity index (χ1n) is 7.35. The summed E-state index contributed by atoms with van der Waals surface area (Å²) in [6, 6.07) is 8.22. The molecule has 0 fully saturated rings. The Morgan fingerprint density at radius 2 is 1.62 bits per heavy atom. The second-order valence-electron chi connectivity index (χ2n) is 5.86. The maximum Gasteiger partial charge on any atom is 0.163 e. The van der Waals surface area contributed by atoms with Crippen molar-refractivity contribution in [2.45, 2.75) is 45.8 Å². The number of hydrogen-bond donors (Lipinski definition) is 1. The number of hydrogen-bond acceptors (Lipinski definition) is 3. The van der Waals surface area contributed by atoms with Gasteiger partial charge in [0.15, 0.2) is 5.75 Å². The van der Waals surface area contributed by atoms with Gasteiger partial charge in [-0.2, -0.15) is 5.10 Å². The SMILES string of the molecule is COc1cnn(C(C)C)c1C(O)c1ccc(C(C)C)cc1. The molecule has 4 nitrogen and oxygen atoms in total.